The molecule has 5 rings (SSSR count). The van der Waals surface area contributed by atoms with E-state index in [1.54, 1.807) is 34.0 Å². The zero-order valence-corrected chi connectivity index (χ0v) is 17.7. The van der Waals surface area contributed by atoms with E-state index < -0.39 is 5.60 Å². The van der Waals surface area contributed by atoms with Crippen LogP contribution < -0.4 is 0 Å². The van der Waals surface area contributed by atoms with Gasteiger partial charge in [-0.1, -0.05) is 12.1 Å². The minimum atomic E-state index is -1.22. The molecule has 4 aromatic rings. The van der Waals surface area contributed by atoms with E-state index in [4.69, 9.17) is 4.42 Å². The fourth-order valence-corrected chi connectivity index (χ4v) is 5.97. The summed E-state index contributed by atoms with van der Waals surface area (Å²) in [5.41, 5.74) is 0.135. The Labute approximate surface area is 176 Å². The van der Waals surface area contributed by atoms with Crippen LogP contribution in [0.2, 0.25) is 0 Å². The molecule has 1 aliphatic rings. The fourth-order valence-electron chi connectivity index (χ4n) is 3.56. The number of nitrogens with zero attached hydrogens (tertiary/aromatic N) is 1. The van der Waals surface area contributed by atoms with Gasteiger partial charge in [0, 0.05) is 22.3 Å². The van der Waals surface area contributed by atoms with Gasteiger partial charge in [0.15, 0.2) is 5.60 Å². The summed E-state index contributed by atoms with van der Waals surface area (Å²) >= 11 is 4.85. The fraction of sp³-hybridized carbons (Fsp3) is 0.273. The molecule has 0 spiro atoms. The van der Waals surface area contributed by atoms with Crippen LogP contribution in [0.15, 0.2) is 68.4 Å². The third-order valence-electron chi connectivity index (χ3n) is 5.16. The molecule has 0 saturated heterocycles. The summed E-state index contributed by atoms with van der Waals surface area (Å²) in [5, 5.41) is 20.0. The van der Waals surface area contributed by atoms with Gasteiger partial charge in [0.05, 0.1) is 6.54 Å². The van der Waals surface area contributed by atoms with Crippen molar-refractivity contribution in [3.63, 3.8) is 0 Å². The molecule has 1 fully saturated rings. The summed E-state index contributed by atoms with van der Waals surface area (Å²) in [7, 11) is 0. The lowest BCUT2D eigenvalue weighted by Gasteiger charge is -2.24. The molecule has 0 aromatic carbocycles. The summed E-state index contributed by atoms with van der Waals surface area (Å²) < 4.78 is 6.25. The number of thiophene rings is 3. The van der Waals surface area contributed by atoms with E-state index in [2.05, 4.69) is 21.7 Å². The molecule has 6 heteroatoms. The van der Waals surface area contributed by atoms with Crippen LogP contribution in [0.25, 0.3) is 0 Å². The lowest BCUT2D eigenvalue weighted by Crippen LogP contribution is -2.26. The Morgan fingerprint density at radius 2 is 1.71 bits per heavy atom. The van der Waals surface area contributed by atoms with Crippen molar-refractivity contribution in [2.75, 3.05) is 0 Å². The molecule has 4 aromatic heterocycles. The predicted molar refractivity (Wildman–Crippen MR) is 116 cm³/mol. The molecule has 1 aliphatic carbocycles. The Bertz CT molecular complexity index is 964. The molecular formula is C22H21NO2S3. The Morgan fingerprint density at radius 1 is 0.964 bits per heavy atom. The maximum absolute atomic E-state index is 11.7. The van der Waals surface area contributed by atoms with E-state index >= 15 is 0 Å². The second-order valence-electron chi connectivity index (χ2n) is 7.20. The van der Waals surface area contributed by atoms with Crippen molar-refractivity contribution in [3.05, 3.63) is 90.8 Å². The van der Waals surface area contributed by atoms with Crippen LogP contribution in [0.4, 0.5) is 0 Å². The van der Waals surface area contributed by atoms with Gasteiger partial charge < -0.3 is 9.52 Å². The van der Waals surface area contributed by atoms with Crippen LogP contribution in [-0.2, 0) is 18.7 Å². The predicted octanol–water partition coefficient (Wildman–Crippen LogP) is 5.91. The Hall–Kier alpha value is -1.70. The van der Waals surface area contributed by atoms with Crippen molar-refractivity contribution in [2.24, 2.45) is 0 Å². The average molecular weight is 428 g/mol. The van der Waals surface area contributed by atoms with Gasteiger partial charge in [0.1, 0.15) is 11.5 Å². The quantitative estimate of drug-likeness (QED) is 0.380. The Balaban J connectivity index is 1.43. The summed E-state index contributed by atoms with van der Waals surface area (Å²) in [5.74, 6) is 1.50. The molecule has 0 radical (unpaired) electrons. The first-order chi connectivity index (χ1) is 13.7. The van der Waals surface area contributed by atoms with E-state index in [1.807, 2.05) is 47.2 Å². The number of furan rings is 1. The molecule has 4 heterocycles. The second kappa shape index (κ2) is 7.61. The zero-order valence-electron chi connectivity index (χ0n) is 15.3. The van der Waals surface area contributed by atoms with Crippen LogP contribution >= 0.6 is 34.0 Å². The van der Waals surface area contributed by atoms with Crippen molar-refractivity contribution in [1.29, 1.82) is 0 Å². The first kappa shape index (κ1) is 18.3. The van der Waals surface area contributed by atoms with Gasteiger partial charge in [-0.05, 0) is 70.3 Å². The summed E-state index contributed by atoms with van der Waals surface area (Å²) in [4.78, 5) is 4.25. The van der Waals surface area contributed by atoms with Gasteiger partial charge in [0.25, 0.3) is 0 Å². The number of hydrogen-bond donors (Lipinski definition) is 1. The Kier molecular flexibility index (Phi) is 4.99. The minimum Gasteiger partial charge on any atom is -0.461 e. The maximum Gasteiger partial charge on any atom is 0.191 e. The van der Waals surface area contributed by atoms with E-state index in [9.17, 15) is 5.11 Å². The molecule has 144 valence electrons. The van der Waals surface area contributed by atoms with E-state index in [-0.39, 0.29) is 0 Å². The van der Waals surface area contributed by atoms with Crippen LogP contribution in [0.1, 0.15) is 39.7 Å². The van der Waals surface area contributed by atoms with E-state index in [1.165, 1.54) is 18.4 Å². The summed E-state index contributed by atoms with van der Waals surface area (Å²) in [6.45, 7) is 1.72. The minimum absolute atomic E-state index is 0.596. The van der Waals surface area contributed by atoms with E-state index in [0.717, 1.165) is 28.6 Å². The van der Waals surface area contributed by atoms with Crippen molar-refractivity contribution in [1.82, 2.24) is 4.90 Å². The molecule has 0 amide bonds. The largest absolute Gasteiger partial charge is 0.461 e. The van der Waals surface area contributed by atoms with E-state index in [0.29, 0.717) is 11.8 Å². The topological polar surface area (TPSA) is 36.6 Å². The number of rotatable bonds is 8. The van der Waals surface area contributed by atoms with Crippen molar-refractivity contribution in [3.8, 4) is 0 Å². The first-order valence-corrected chi connectivity index (χ1v) is 12.1. The smallest absolute Gasteiger partial charge is 0.191 e. The van der Waals surface area contributed by atoms with Gasteiger partial charge in [-0.15, -0.1) is 22.7 Å². The Morgan fingerprint density at radius 3 is 2.29 bits per heavy atom. The van der Waals surface area contributed by atoms with Crippen LogP contribution in [0, 0.1) is 0 Å². The van der Waals surface area contributed by atoms with Gasteiger partial charge in [-0.3, -0.25) is 4.90 Å². The third-order valence-corrected chi connectivity index (χ3v) is 7.85. The molecular weight excluding hydrogens is 406 g/mol. The highest BCUT2D eigenvalue weighted by atomic mass is 32.1. The number of aliphatic hydroxyl groups is 1. The highest BCUT2D eigenvalue weighted by Crippen LogP contribution is 2.42. The molecule has 0 unspecified atom stereocenters. The standard InChI is InChI=1S/C22H21NO2S3/c24-22(20-3-1-10-27-20,21-4-2-11-28-21)19-8-7-18(25-19)14-23(17-5-6-17)13-16-9-12-26-15-16/h1-4,7-12,15,17,24H,5-6,13-14H2. The van der Waals surface area contributed by atoms with Crippen LogP contribution in [-0.4, -0.2) is 16.0 Å². The third kappa shape index (κ3) is 3.51. The monoisotopic (exact) mass is 427 g/mol. The molecule has 0 aliphatic heterocycles. The highest BCUT2D eigenvalue weighted by molar-refractivity contribution is 7.11. The van der Waals surface area contributed by atoms with Crippen LogP contribution in [0.3, 0.4) is 0 Å². The molecule has 3 nitrogen and oxygen atoms in total. The summed E-state index contributed by atoms with van der Waals surface area (Å²) in [6, 6.07) is 14.7. The molecule has 1 N–H and O–H groups in total. The van der Waals surface area contributed by atoms with Gasteiger partial charge in [-0.2, -0.15) is 11.3 Å². The van der Waals surface area contributed by atoms with Crippen molar-refractivity contribution in [2.45, 2.75) is 37.6 Å². The summed E-state index contributed by atoms with van der Waals surface area (Å²) in [6.07, 6.45) is 2.51. The lowest BCUT2D eigenvalue weighted by atomic mass is 9.97. The first-order valence-electron chi connectivity index (χ1n) is 9.38. The maximum atomic E-state index is 11.7. The zero-order chi connectivity index (χ0) is 19.0. The average Bonchev–Trinajstić information content (AvgIpc) is 3.28. The molecule has 28 heavy (non-hydrogen) atoms. The number of hydrogen-bond acceptors (Lipinski definition) is 6. The van der Waals surface area contributed by atoms with Crippen LogP contribution in [0.5, 0.6) is 0 Å². The molecule has 1 saturated carbocycles. The van der Waals surface area contributed by atoms with Crippen molar-refractivity contribution < 1.29 is 9.52 Å². The highest BCUT2D eigenvalue weighted by Gasteiger charge is 2.39. The molecule has 0 bridgehead atoms. The van der Waals surface area contributed by atoms with Gasteiger partial charge in [0.2, 0.25) is 0 Å². The molecule has 0 atom stereocenters. The van der Waals surface area contributed by atoms with Gasteiger partial charge in [-0.25, -0.2) is 0 Å². The van der Waals surface area contributed by atoms with Gasteiger partial charge >= 0.3 is 0 Å². The van der Waals surface area contributed by atoms with Crippen molar-refractivity contribution >= 4 is 34.0 Å². The SMILES string of the molecule is OC(c1ccc(CN(Cc2ccsc2)C2CC2)o1)(c1cccs1)c1cccs1. The lowest BCUT2D eigenvalue weighted by molar-refractivity contribution is 0.102. The second-order valence-corrected chi connectivity index (χ2v) is 9.87. The normalized spacial score (nSPS) is 14.8.